The standard InChI is InChI=1S/C17H22O3/c18-11-4-3-6-15-7-5-10-17(14-15)20-13-12-19-16-8-1-2-9-16/h5,7,10,14,16,18H,1-2,4,8-9,11-13H2. The van der Waals surface area contributed by atoms with Crippen molar-refractivity contribution < 1.29 is 14.6 Å². The molecule has 0 heterocycles. The summed E-state index contributed by atoms with van der Waals surface area (Å²) in [5, 5.41) is 8.69. The van der Waals surface area contributed by atoms with Crippen molar-refractivity contribution in [1.82, 2.24) is 0 Å². The molecule has 0 amide bonds. The van der Waals surface area contributed by atoms with Crippen molar-refractivity contribution in [3.05, 3.63) is 29.8 Å². The maximum Gasteiger partial charge on any atom is 0.120 e. The van der Waals surface area contributed by atoms with E-state index in [9.17, 15) is 0 Å². The molecule has 2 rings (SSSR count). The zero-order valence-corrected chi connectivity index (χ0v) is 11.8. The fourth-order valence-electron chi connectivity index (χ4n) is 2.31. The third kappa shape index (κ3) is 5.24. The zero-order chi connectivity index (χ0) is 14.0. The Morgan fingerprint density at radius 1 is 1.20 bits per heavy atom. The molecule has 1 fully saturated rings. The van der Waals surface area contributed by atoms with E-state index in [1.807, 2.05) is 24.3 Å². The van der Waals surface area contributed by atoms with Crippen LogP contribution in [-0.2, 0) is 4.74 Å². The molecule has 0 aromatic heterocycles. The molecule has 1 aromatic carbocycles. The number of rotatable bonds is 6. The molecule has 1 saturated carbocycles. The summed E-state index contributed by atoms with van der Waals surface area (Å²) in [5.41, 5.74) is 0.910. The minimum Gasteiger partial charge on any atom is -0.491 e. The third-order valence-electron chi connectivity index (χ3n) is 3.31. The van der Waals surface area contributed by atoms with Crippen LogP contribution in [0.5, 0.6) is 5.75 Å². The van der Waals surface area contributed by atoms with E-state index >= 15 is 0 Å². The van der Waals surface area contributed by atoms with Crippen LogP contribution in [0.15, 0.2) is 24.3 Å². The van der Waals surface area contributed by atoms with E-state index in [0.29, 0.717) is 25.7 Å². The van der Waals surface area contributed by atoms with E-state index < -0.39 is 0 Å². The van der Waals surface area contributed by atoms with E-state index in [-0.39, 0.29) is 6.61 Å². The Morgan fingerprint density at radius 3 is 2.85 bits per heavy atom. The summed E-state index contributed by atoms with van der Waals surface area (Å²) in [4.78, 5) is 0. The minimum atomic E-state index is 0.0989. The van der Waals surface area contributed by atoms with Crippen LogP contribution in [0.3, 0.4) is 0 Å². The Labute approximate surface area is 120 Å². The maximum absolute atomic E-state index is 8.69. The molecule has 3 heteroatoms. The number of hydrogen-bond acceptors (Lipinski definition) is 3. The minimum absolute atomic E-state index is 0.0989. The highest BCUT2D eigenvalue weighted by atomic mass is 16.5. The highest BCUT2D eigenvalue weighted by Crippen LogP contribution is 2.20. The van der Waals surface area contributed by atoms with Crippen LogP contribution in [0.1, 0.15) is 37.7 Å². The quantitative estimate of drug-likeness (QED) is 0.640. The Hall–Kier alpha value is -1.50. The van der Waals surface area contributed by atoms with Crippen molar-refractivity contribution in [3.8, 4) is 17.6 Å². The summed E-state index contributed by atoms with van der Waals surface area (Å²) in [6.07, 6.45) is 5.90. The van der Waals surface area contributed by atoms with Gasteiger partial charge in [0.05, 0.1) is 19.3 Å². The molecular formula is C17H22O3. The normalized spacial score (nSPS) is 14.8. The summed E-state index contributed by atoms with van der Waals surface area (Å²) in [6.45, 7) is 1.32. The number of aliphatic hydroxyl groups is 1. The van der Waals surface area contributed by atoms with Crippen molar-refractivity contribution in [1.29, 1.82) is 0 Å². The van der Waals surface area contributed by atoms with Gasteiger partial charge in [-0.2, -0.15) is 0 Å². The summed E-state index contributed by atoms with van der Waals surface area (Å²) >= 11 is 0. The monoisotopic (exact) mass is 274 g/mol. The summed E-state index contributed by atoms with van der Waals surface area (Å²) in [6, 6.07) is 7.70. The molecule has 1 aromatic rings. The predicted molar refractivity (Wildman–Crippen MR) is 78.7 cm³/mol. The molecular weight excluding hydrogens is 252 g/mol. The van der Waals surface area contributed by atoms with E-state index in [4.69, 9.17) is 14.6 Å². The number of hydrogen-bond donors (Lipinski definition) is 1. The average Bonchev–Trinajstić information content (AvgIpc) is 2.98. The Kier molecular flexibility index (Phi) is 6.43. The molecule has 0 aliphatic heterocycles. The molecule has 0 bridgehead atoms. The van der Waals surface area contributed by atoms with Gasteiger partial charge in [0.2, 0.25) is 0 Å². The first-order valence-electron chi connectivity index (χ1n) is 7.32. The molecule has 1 aliphatic rings. The number of aliphatic hydroxyl groups excluding tert-OH is 1. The van der Waals surface area contributed by atoms with E-state index in [0.717, 1.165) is 11.3 Å². The van der Waals surface area contributed by atoms with Gasteiger partial charge in [-0.05, 0) is 31.0 Å². The molecule has 0 saturated heterocycles. The predicted octanol–water partition coefficient (Wildman–Crippen LogP) is 2.76. The molecule has 1 aliphatic carbocycles. The summed E-state index contributed by atoms with van der Waals surface area (Å²) < 4.78 is 11.4. The maximum atomic E-state index is 8.69. The van der Waals surface area contributed by atoms with Gasteiger partial charge in [0.1, 0.15) is 12.4 Å². The van der Waals surface area contributed by atoms with Gasteiger partial charge in [-0.25, -0.2) is 0 Å². The highest BCUT2D eigenvalue weighted by molar-refractivity contribution is 5.39. The molecule has 20 heavy (non-hydrogen) atoms. The smallest absolute Gasteiger partial charge is 0.120 e. The van der Waals surface area contributed by atoms with Gasteiger partial charge >= 0.3 is 0 Å². The van der Waals surface area contributed by atoms with Gasteiger partial charge in [0.15, 0.2) is 0 Å². The van der Waals surface area contributed by atoms with E-state index in [1.54, 1.807) is 0 Å². The van der Waals surface area contributed by atoms with Crippen molar-refractivity contribution >= 4 is 0 Å². The fraction of sp³-hybridized carbons (Fsp3) is 0.529. The van der Waals surface area contributed by atoms with Gasteiger partial charge in [-0.1, -0.05) is 30.7 Å². The van der Waals surface area contributed by atoms with Crippen LogP contribution in [0, 0.1) is 11.8 Å². The van der Waals surface area contributed by atoms with E-state index in [2.05, 4.69) is 11.8 Å². The van der Waals surface area contributed by atoms with Gasteiger partial charge in [-0.15, -0.1) is 0 Å². The van der Waals surface area contributed by atoms with Crippen LogP contribution in [0.2, 0.25) is 0 Å². The molecule has 108 valence electrons. The van der Waals surface area contributed by atoms with Crippen LogP contribution in [0.4, 0.5) is 0 Å². The van der Waals surface area contributed by atoms with Crippen LogP contribution >= 0.6 is 0 Å². The lowest BCUT2D eigenvalue weighted by Gasteiger charge is -2.11. The van der Waals surface area contributed by atoms with Crippen LogP contribution in [-0.4, -0.2) is 31.0 Å². The lowest BCUT2D eigenvalue weighted by Crippen LogP contribution is -2.13. The van der Waals surface area contributed by atoms with Gasteiger partial charge in [-0.3, -0.25) is 0 Å². The molecule has 0 unspecified atom stereocenters. The van der Waals surface area contributed by atoms with Crippen molar-refractivity contribution in [2.45, 2.75) is 38.2 Å². The Morgan fingerprint density at radius 2 is 2.05 bits per heavy atom. The largest absolute Gasteiger partial charge is 0.491 e. The number of benzene rings is 1. The molecule has 1 N–H and O–H groups in total. The first kappa shape index (κ1) is 14.9. The first-order valence-corrected chi connectivity index (χ1v) is 7.32. The average molecular weight is 274 g/mol. The lowest BCUT2D eigenvalue weighted by atomic mass is 10.2. The summed E-state index contributed by atoms with van der Waals surface area (Å²) in [5.74, 6) is 6.72. The topological polar surface area (TPSA) is 38.7 Å². The van der Waals surface area contributed by atoms with Gasteiger partial charge in [0.25, 0.3) is 0 Å². The van der Waals surface area contributed by atoms with E-state index in [1.165, 1.54) is 25.7 Å². The third-order valence-corrected chi connectivity index (χ3v) is 3.31. The Balaban J connectivity index is 1.72. The fourth-order valence-corrected chi connectivity index (χ4v) is 2.31. The van der Waals surface area contributed by atoms with Gasteiger partial charge in [0, 0.05) is 12.0 Å². The molecule has 3 nitrogen and oxygen atoms in total. The summed E-state index contributed by atoms with van der Waals surface area (Å²) in [7, 11) is 0. The SMILES string of the molecule is OCCC#Cc1cccc(OCCOC2CCCC2)c1. The Bertz CT molecular complexity index is 453. The number of ether oxygens (including phenoxy) is 2. The molecule has 0 atom stereocenters. The first-order chi connectivity index (χ1) is 9.88. The zero-order valence-electron chi connectivity index (χ0n) is 11.8. The second kappa shape index (κ2) is 8.63. The molecule has 0 spiro atoms. The second-order valence-corrected chi connectivity index (χ2v) is 4.93. The lowest BCUT2D eigenvalue weighted by molar-refractivity contribution is 0.0382. The van der Waals surface area contributed by atoms with Crippen LogP contribution in [0.25, 0.3) is 0 Å². The van der Waals surface area contributed by atoms with Crippen molar-refractivity contribution in [3.63, 3.8) is 0 Å². The second-order valence-electron chi connectivity index (χ2n) is 4.93. The van der Waals surface area contributed by atoms with Crippen molar-refractivity contribution in [2.24, 2.45) is 0 Å². The highest BCUT2D eigenvalue weighted by Gasteiger charge is 2.14. The van der Waals surface area contributed by atoms with Crippen LogP contribution < -0.4 is 4.74 Å². The molecule has 0 radical (unpaired) electrons. The van der Waals surface area contributed by atoms with Gasteiger partial charge < -0.3 is 14.6 Å². The van der Waals surface area contributed by atoms with Crippen molar-refractivity contribution in [2.75, 3.05) is 19.8 Å².